The monoisotopic (exact) mass is 812 g/mol. The van der Waals surface area contributed by atoms with E-state index in [0.717, 1.165) is 0 Å². The summed E-state index contributed by atoms with van der Waals surface area (Å²) in [5.41, 5.74) is 0. The summed E-state index contributed by atoms with van der Waals surface area (Å²) < 4.78 is 49.7. The number of aliphatic hydroxyl groups excluding tert-OH is 16. The van der Waals surface area contributed by atoms with Gasteiger partial charge in [0, 0.05) is 0 Å². The zero-order chi connectivity index (χ0) is 40.6. The quantitative estimate of drug-likeness (QED) is 0.0870. The largest absolute Gasteiger partial charge is 0.394 e. The molecule has 5 aliphatic heterocycles. The molecule has 0 unspecified atom stereocenters. The van der Waals surface area contributed by atoms with E-state index >= 15 is 0 Å². The molecular weight excluding hydrogens is 760 g/mol. The van der Waals surface area contributed by atoms with Gasteiger partial charge in [0.1, 0.15) is 116 Å². The molecule has 25 heteroatoms. The van der Waals surface area contributed by atoms with Gasteiger partial charge in [-0.15, -0.1) is 0 Å². The zero-order valence-electron chi connectivity index (χ0n) is 29.1. The molecule has 0 saturated carbocycles. The fourth-order valence-corrected chi connectivity index (χ4v) is 6.85. The van der Waals surface area contributed by atoms with Crippen LogP contribution in [-0.4, -0.2) is 262 Å². The van der Waals surface area contributed by atoms with Crippen LogP contribution in [0.3, 0.4) is 0 Å². The third kappa shape index (κ3) is 9.26. The Hall–Kier alpha value is -1.00. The van der Waals surface area contributed by atoms with Crippen molar-refractivity contribution in [2.45, 2.75) is 160 Å². The van der Waals surface area contributed by atoms with E-state index < -0.39 is 180 Å². The van der Waals surface area contributed by atoms with Crippen LogP contribution in [0.15, 0.2) is 0 Å². The van der Waals surface area contributed by atoms with Crippen molar-refractivity contribution in [1.82, 2.24) is 0 Å². The number of aliphatic hydroxyl groups is 16. The topological polar surface area (TPSA) is 407 Å². The molecule has 5 saturated heterocycles. The van der Waals surface area contributed by atoms with Crippen molar-refractivity contribution in [3.05, 3.63) is 0 Å². The molecule has 0 spiro atoms. The first kappa shape index (κ1) is 45.1. The van der Waals surface area contributed by atoms with Gasteiger partial charge in [0.2, 0.25) is 0 Å². The van der Waals surface area contributed by atoms with Gasteiger partial charge >= 0.3 is 0 Å². The number of ether oxygens (including phenoxy) is 9. The van der Waals surface area contributed by atoms with Crippen molar-refractivity contribution in [2.75, 3.05) is 26.4 Å². The highest BCUT2D eigenvalue weighted by molar-refractivity contribution is 4.98. The molecule has 5 rings (SSSR count). The summed E-state index contributed by atoms with van der Waals surface area (Å²) in [4.78, 5) is 0. The Morgan fingerprint density at radius 3 is 1.36 bits per heavy atom. The highest BCUT2D eigenvalue weighted by Gasteiger charge is 2.56. The second kappa shape index (κ2) is 18.9. The Balaban J connectivity index is 1.38. The van der Waals surface area contributed by atoms with Crippen LogP contribution in [0, 0.1) is 0 Å². The Morgan fingerprint density at radius 2 is 0.800 bits per heavy atom. The van der Waals surface area contributed by atoms with E-state index in [9.17, 15) is 81.7 Å². The fraction of sp³-hybridized carbons (Fsp3) is 1.00. The van der Waals surface area contributed by atoms with Gasteiger partial charge in [0.25, 0.3) is 0 Å². The first-order chi connectivity index (χ1) is 25.9. The van der Waals surface area contributed by atoms with Gasteiger partial charge in [-0.3, -0.25) is 0 Å². The lowest BCUT2D eigenvalue weighted by Gasteiger charge is -2.49. The number of hydrogen-bond acceptors (Lipinski definition) is 25. The van der Waals surface area contributed by atoms with Crippen LogP contribution in [0.25, 0.3) is 0 Å². The summed E-state index contributed by atoms with van der Waals surface area (Å²) in [5, 5.41) is 166. The molecule has 0 aromatic carbocycles. The van der Waals surface area contributed by atoms with E-state index in [4.69, 9.17) is 42.6 Å². The smallest absolute Gasteiger partial charge is 0.187 e. The Labute approximate surface area is 311 Å². The maximum absolute atomic E-state index is 11.4. The van der Waals surface area contributed by atoms with Gasteiger partial charge in [0.05, 0.1) is 32.5 Å². The van der Waals surface area contributed by atoms with Crippen molar-refractivity contribution in [2.24, 2.45) is 0 Å². The van der Waals surface area contributed by atoms with Crippen molar-refractivity contribution in [3.8, 4) is 0 Å². The van der Waals surface area contributed by atoms with Crippen LogP contribution in [0.1, 0.15) is 6.92 Å². The number of hydrogen-bond donors (Lipinski definition) is 16. The fourth-order valence-electron chi connectivity index (χ4n) is 6.85. The van der Waals surface area contributed by atoms with Crippen molar-refractivity contribution < 1.29 is 124 Å². The first-order valence-electron chi connectivity index (χ1n) is 17.5. The molecule has 5 heterocycles. The average molecular weight is 813 g/mol. The lowest BCUT2D eigenvalue weighted by atomic mass is 9.95. The molecule has 0 aliphatic carbocycles. The molecule has 322 valence electrons. The Bertz CT molecular complexity index is 1190. The van der Waals surface area contributed by atoms with E-state index in [0.29, 0.717) is 0 Å². The van der Waals surface area contributed by atoms with Crippen LogP contribution in [0.5, 0.6) is 0 Å². The summed E-state index contributed by atoms with van der Waals surface area (Å²) in [6.07, 6.45) is -45.2. The van der Waals surface area contributed by atoms with Crippen LogP contribution >= 0.6 is 0 Å². The van der Waals surface area contributed by atoms with Crippen LogP contribution in [-0.2, 0) is 42.6 Å². The normalized spacial score (nSPS) is 53.9. The van der Waals surface area contributed by atoms with Gasteiger partial charge in [-0.05, 0) is 6.92 Å². The third-order valence-corrected chi connectivity index (χ3v) is 10.3. The maximum atomic E-state index is 11.4. The lowest BCUT2D eigenvalue weighted by molar-refractivity contribution is -0.393. The standard InChI is InChI=1S/C30H52O25/c1-6-11(34)15(38)19(42)28(48-6)55-25-21(44)23(9(4-33)49-26(25)46)53-30-22(45)24(54-29-20(43)17(40)13(36)8(3-32)51-29)14(37)10(52-30)5-47-27-18(41)16(39)12(35)7(2-31)50-27/h6-46H,2-5H2,1H3/t6-,7+,8+,9+,10+,11-,12+,13+,14+,15+,16-,17-,18+,19+,20+,21-,22+,23+,24-,25+,26+,27+,28-,29-,30-/m0/s1. The highest BCUT2D eigenvalue weighted by atomic mass is 16.8. The molecular formula is C30H52O25. The molecule has 25 atom stereocenters. The van der Waals surface area contributed by atoms with E-state index in [2.05, 4.69) is 0 Å². The minimum Gasteiger partial charge on any atom is -0.394 e. The van der Waals surface area contributed by atoms with Crippen molar-refractivity contribution in [3.63, 3.8) is 0 Å². The van der Waals surface area contributed by atoms with Gasteiger partial charge in [-0.2, -0.15) is 0 Å². The lowest BCUT2D eigenvalue weighted by Crippen LogP contribution is -2.67. The van der Waals surface area contributed by atoms with Gasteiger partial charge in [-0.25, -0.2) is 0 Å². The summed E-state index contributed by atoms with van der Waals surface area (Å²) >= 11 is 0. The van der Waals surface area contributed by atoms with Gasteiger partial charge in [0.15, 0.2) is 31.5 Å². The zero-order valence-corrected chi connectivity index (χ0v) is 29.1. The Kier molecular flexibility index (Phi) is 15.5. The first-order valence-corrected chi connectivity index (χ1v) is 17.5. The second-order valence-corrected chi connectivity index (χ2v) is 14.0. The summed E-state index contributed by atoms with van der Waals surface area (Å²) in [6, 6.07) is 0. The molecule has 0 amide bonds. The SMILES string of the molecule is C[C@@H]1O[C@@H](O[C@@H]2[C@@H](O)[C@H](O[C@@H]3O[C@H](CO[C@@H]4O[C@H](CO)[C@@H](O)[C@H](O)[C@H]4O)[C@@H](O)[C@H](O[C@@H]4O[C@H](CO)[C@@H](O)[C@H](O)[C@H]4O)[C@H]3O)[C@@H](CO)O[C@H]2O)[C@H](O)[C@H](O)[C@H]1O. The van der Waals surface area contributed by atoms with E-state index in [1.807, 2.05) is 0 Å². The van der Waals surface area contributed by atoms with Gasteiger partial charge < -0.3 is 124 Å². The van der Waals surface area contributed by atoms with Gasteiger partial charge in [-0.1, -0.05) is 0 Å². The number of rotatable bonds is 12. The van der Waals surface area contributed by atoms with Crippen molar-refractivity contribution >= 4 is 0 Å². The molecule has 0 bridgehead atoms. The molecule has 0 radical (unpaired) electrons. The van der Waals surface area contributed by atoms with Crippen LogP contribution in [0.2, 0.25) is 0 Å². The molecule has 5 fully saturated rings. The predicted octanol–water partition coefficient (Wildman–Crippen LogP) is -10.9. The minimum absolute atomic E-state index is 0.810. The third-order valence-electron chi connectivity index (χ3n) is 10.3. The van der Waals surface area contributed by atoms with E-state index in [1.54, 1.807) is 0 Å². The summed E-state index contributed by atoms with van der Waals surface area (Å²) in [6.45, 7) is -2.11. The van der Waals surface area contributed by atoms with Crippen molar-refractivity contribution in [1.29, 1.82) is 0 Å². The van der Waals surface area contributed by atoms with Crippen LogP contribution < -0.4 is 0 Å². The van der Waals surface area contributed by atoms with E-state index in [-0.39, 0.29) is 0 Å². The molecule has 0 aromatic rings. The molecule has 25 nitrogen and oxygen atoms in total. The molecule has 5 aliphatic rings. The minimum atomic E-state index is -2.15. The second-order valence-electron chi connectivity index (χ2n) is 14.0. The molecule has 0 aromatic heterocycles. The molecule has 16 N–H and O–H groups in total. The Morgan fingerprint density at radius 1 is 0.364 bits per heavy atom. The predicted molar refractivity (Wildman–Crippen MR) is 165 cm³/mol. The van der Waals surface area contributed by atoms with Crippen LogP contribution in [0.4, 0.5) is 0 Å². The molecule has 55 heavy (non-hydrogen) atoms. The highest BCUT2D eigenvalue weighted by Crippen LogP contribution is 2.35. The van der Waals surface area contributed by atoms with E-state index in [1.165, 1.54) is 6.92 Å². The maximum Gasteiger partial charge on any atom is 0.187 e. The summed E-state index contributed by atoms with van der Waals surface area (Å²) in [7, 11) is 0. The summed E-state index contributed by atoms with van der Waals surface area (Å²) in [5.74, 6) is 0. The average Bonchev–Trinajstić information content (AvgIpc) is 3.16.